The highest BCUT2D eigenvalue weighted by Gasteiger charge is 2.15. The number of aryl methyl sites for hydroxylation is 1. The van der Waals surface area contributed by atoms with Crippen molar-refractivity contribution in [1.82, 2.24) is 19.7 Å². The second-order valence-corrected chi connectivity index (χ2v) is 8.32. The summed E-state index contributed by atoms with van der Waals surface area (Å²) in [4.78, 5) is 17.9. The molecule has 2 aromatic heterocycles. The van der Waals surface area contributed by atoms with Crippen molar-refractivity contribution in [3.8, 4) is 5.69 Å². The summed E-state index contributed by atoms with van der Waals surface area (Å²) in [6.07, 6.45) is 0. The van der Waals surface area contributed by atoms with E-state index < -0.39 is 0 Å². The summed E-state index contributed by atoms with van der Waals surface area (Å²) in [6.45, 7) is 1.91. The molecule has 4 rings (SSSR count). The van der Waals surface area contributed by atoms with E-state index in [-0.39, 0.29) is 5.56 Å². The third kappa shape index (κ3) is 3.25. The van der Waals surface area contributed by atoms with Crippen LogP contribution in [0, 0.1) is 6.92 Å². The lowest BCUT2D eigenvalue weighted by atomic mass is 10.2. The van der Waals surface area contributed by atoms with E-state index in [1.807, 2.05) is 43.3 Å². The third-order valence-electron chi connectivity index (χ3n) is 3.77. The van der Waals surface area contributed by atoms with Crippen LogP contribution in [0.4, 0.5) is 0 Å². The summed E-state index contributed by atoms with van der Waals surface area (Å²) >= 11 is 9.38. The molecule has 26 heavy (non-hydrogen) atoms. The first-order valence-electron chi connectivity index (χ1n) is 7.82. The minimum atomic E-state index is -0.132. The van der Waals surface area contributed by atoms with Gasteiger partial charge in [-0.15, -0.1) is 10.2 Å². The Hall–Kier alpha value is -2.22. The van der Waals surface area contributed by atoms with Gasteiger partial charge < -0.3 is 0 Å². The number of halogens is 1. The van der Waals surface area contributed by atoms with Crippen LogP contribution < -0.4 is 5.56 Å². The second-order valence-electron chi connectivity index (χ2n) is 5.51. The Balaban J connectivity index is 1.88. The molecule has 0 saturated carbocycles. The molecule has 0 aliphatic heterocycles. The molecule has 0 bridgehead atoms. The van der Waals surface area contributed by atoms with Crippen LogP contribution >= 0.6 is 34.7 Å². The van der Waals surface area contributed by atoms with E-state index >= 15 is 0 Å². The average Bonchev–Trinajstić information content (AvgIpc) is 3.06. The first-order chi connectivity index (χ1) is 12.6. The minimum absolute atomic E-state index is 0.132. The molecule has 0 radical (unpaired) electrons. The molecule has 0 fully saturated rings. The monoisotopic (exact) mass is 400 g/mol. The fourth-order valence-electron chi connectivity index (χ4n) is 2.62. The molecular weight excluding hydrogens is 388 g/mol. The zero-order valence-electron chi connectivity index (χ0n) is 13.7. The molecule has 2 aromatic carbocycles. The van der Waals surface area contributed by atoms with Crippen LogP contribution in [-0.4, -0.2) is 19.7 Å². The number of benzene rings is 2. The van der Waals surface area contributed by atoms with Gasteiger partial charge in [0.2, 0.25) is 0 Å². The van der Waals surface area contributed by atoms with Crippen molar-refractivity contribution in [2.45, 2.75) is 17.0 Å². The Morgan fingerprint density at radius 1 is 1.12 bits per heavy atom. The summed E-state index contributed by atoms with van der Waals surface area (Å²) in [5.74, 6) is 1.11. The Kier molecular flexibility index (Phi) is 4.76. The molecule has 8 heteroatoms. The molecule has 2 heterocycles. The van der Waals surface area contributed by atoms with E-state index in [1.165, 1.54) is 23.1 Å². The number of para-hydroxylation sites is 2. The zero-order chi connectivity index (χ0) is 18.1. The van der Waals surface area contributed by atoms with E-state index in [0.717, 1.165) is 9.35 Å². The maximum atomic E-state index is 13.1. The quantitative estimate of drug-likeness (QED) is 0.472. The van der Waals surface area contributed by atoms with Crippen molar-refractivity contribution in [2.24, 2.45) is 0 Å². The van der Waals surface area contributed by atoms with E-state index in [0.29, 0.717) is 33.2 Å². The summed E-state index contributed by atoms with van der Waals surface area (Å²) in [7, 11) is 0. The van der Waals surface area contributed by atoms with Gasteiger partial charge in [0.15, 0.2) is 4.34 Å². The minimum Gasteiger partial charge on any atom is -0.268 e. The second kappa shape index (κ2) is 7.19. The maximum Gasteiger partial charge on any atom is 0.266 e. The predicted octanol–water partition coefficient (Wildman–Crippen LogP) is 4.49. The Morgan fingerprint density at radius 2 is 1.88 bits per heavy atom. The highest BCUT2D eigenvalue weighted by Crippen LogP contribution is 2.27. The van der Waals surface area contributed by atoms with Crippen LogP contribution in [0.3, 0.4) is 0 Å². The van der Waals surface area contributed by atoms with Crippen LogP contribution in [0.15, 0.2) is 57.7 Å². The van der Waals surface area contributed by atoms with Gasteiger partial charge in [-0.3, -0.25) is 9.36 Å². The largest absolute Gasteiger partial charge is 0.268 e. The van der Waals surface area contributed by atoms with Gasteiger partial charge in [-0.1, -0.05) is 59.0 Å². The molecule has 0 N–H and O–H groups in total. The molecule has 0 saturated heterocycles. The fraction of sp³-hybridized carbons (Fsp3) is 0.111. The molecule has 5 nitrogen and oxygen atoms in total. The molecule has 130 valence electrons. The number of fused-ring (bicyclic) bond motifs is 1. The van der Waals surface area contributed by atoms with Gasteiger partial charge >= 0.3 is 0 Å². The van der Waals surface area contributed by atoms with Gasteiger partial charge in [-0.2, -0.15) is 0 Å². The van der Waals surface area contributed by atoms with Crippen LogP contribution in [0.5, 0.6) is 0 Å². The normalized spacial score (nSPS) is 11.2. The predicted molar refractivity (Wildman–Crippen MR) is 107 cm³/mol. The molecule has 0 spiro atoms. The van der Waals surface area contributed by atoms with E-state index in [2.05, 4.69) is 10.2 Å². The van der Waals surface area contributed by atoms with Crippen molar-refractivity contribution in [2.75, 3.05) is 0 Å². The van der Waals surface area contributed by atoms with E-state index in [9.17, 15) is 4.79 Å². The number of thioether (sulfide) groups is 1. The molecule has 0 unspecified atom stereocenters. The number of nitrogens with zero attached hydrogens (tertiary/aromatic N) is 4. The van der Waals surface area contributed by atoms with Gasteiger partial charge in [0.25, 0.3) is 5.56 Å². The SMILES string of the molecule is Cc1nnc(SCc2nc3ccccc3c(=O)n2-c2ccccc2Cl)s1. The van der Waals surface area contributed by atoms with Gasteiger partial charge in [-0.25, -0.2) is 4.98 Å². The smallest absolute Gasteiger partial charge is 0.266 e. The number of rotatable bonds is 4. The van der Waals surface area contributed by atoms with Crippen molar-refractivity contribution in [3.05, 3.63) is 74.7 Å². The van der Waals surface area contributed by atoms with Crippen LogP contribution in [-0.2, 0) is 5.75 Å². The third-order valence-corrected chi connectivity index (χ3v) is 6.06. The van der Waals surface area contributed by atoms with Crippen molar-refractivity contribution in [1.29, 1.82) is 0 Å². The first-order valence-corrected chi connectivity index (χ1v) is 10.00. The number of hydrogen-bond donors (Lipinski definition) is 0. The molecule has 4 aromatic rings. The zero-order valence-corrected chi connectivity index (χ0v) is 16.1. The van der Waals surface area contributed by atoms with Gasteiger partial charge in [0, 0.05) is 0 Å². The Labute approximate surface area is 162 Å². The lowest BCUT2D eigenvalue weighted by molar-refractivity contribution is 0.883. The summed E-state index contributed by atoms with van der Waals surface area (Å²) in [5, 5.41) is 10.1. The topological polar surface area (TPSA) is 60.7 Å². The average molecular weight is 401 g/mol. The molecule has 0 atom stereocenters. The Morgan fingerprint density at radius 3 is 2.65 bits per heavy atom. The van der Waals surface area contributed by atoms with E-state index in [1.54, 1.807) is 16.7 Å². The molecular formula is C18H13ClN4OS2. The van der Waals surface area contributed by atoms with Crippen molar-refractivity contribution >= 4 is 45.6 Å². The highest BCUT2D eigenvalue weighted by atomic mass is 35.5. The number of aromatic nitrogens is 4. The highest BCUT2D eigenvalue weighted by molar-refractivity contribution is 8.00. The van der Waals surface area contributed by atoms with Crippen LogP contribution in [0.25, 0.3) is 16.6 Å². The van der Waals surface area contributed by atoms with E-state index in [4.69, 9.17) is 16.6 Å². The van der Waals surface area contributed by atoms with Gasteiger partial charge in [0.05, 0.1) is 27.4 Å². The fourth-order valence-corrected chi connectivity index (χ4v) is 4.58. The summed E-state index contributed by atoms with van der Waals surface area (Å²) < 4.78 is 2.43. The first kappa shape index (κ1) is 17.2. The Bertz CT molecular complexity index is 1160. The molecule has 0 amide bonds. The van der Waals surface area contributed by atoms with Crippen LogP contribution in [0.2, 0.25) is 5.02 Å². The van der Waals surface area contributed by atoms with Crippen LogP contribution in [0.1, 0.15) is 10.8 Å². The number of hydrogen-bond acceptors (Lipinski definition) is 6. The standard InChI is InChI=1S/C18H13ClN4OS2/c1-11-21-22-18(26-11)25-10-16-20-14-8-4-2-6-12(14)17(24)23(16)15-9-5-3-7-13(15)19/h2-9H,10H2,1H3. The molecule has 0 aliphatic carbocycles. The lowest BCUT2D eigenvalue weighted by Gasteiger charge is -2.14. The summed E-state index contributed by atoms with van der Waals surface area (Å²) in [6, 6.07) is 14.6. The molecule has 0 aliphatic rings. The lowest BCUT2D eigenvalue weighted by Crippen LogP contribution is -2.23. The van der Waals surface area contributed by atoms with Gasteiger partial charge in [0.1, 0.15) is 10.8 Å². The van der Waals surface area contributed by atoms with Gasteiger partial charge in [-0.05, 0) is 31.2 Å². The van der Waals surface area contributed by atoms with Crippen molar-refractivity contribution < 1.29 is 0 Å². The van der Waals surface area contributed by atoms with Crippen molar-refractivity contribution in [3.63, 3.8) is 0 Å². The summed E-state index contributed by atoms with van der Waals surface area (Å²) in [5.41, 5.74) is 1.17. The maximum absolute atomic E-state index is 13.1.